The Labute approximate surface area is 175 Å². The molecule has 1 saturated heterocycles. The van der Waals surface area contributed by atoms with Crippen LogP contribution in [0.5, 0.6) is 0 Å². The quantitative estimate of drug-likeness (QED) is 0.672. The average Bonchev–Trinajstić information content (AvgIpc) is 2.91. The molecule has 0 atom stereocenters. The number of amidine groups is 1. The lowest BCUT2D eigenvalue weighted by Crippen LogP contribution is -2.48. The number of nitrogens with zero attached hydrogens (tertiary/aromatic N) is 5. The van der Waals surface area contributed by atoms with Gasteiger partial charge >= 0.3 is 6.18 Å². The number of carbonyl (C=O) groups excluding carboxylic acids is 1. The van der Waals surface area contributed by atoms with Crippen LogP contribution in [0.4, 0.5) is 17.6 Å². The van der Waals surface area contributed by atoms with E-state index in [0.29, 0.717) is 36.7 Å². The number of rotatable bonds is 2. The second-order valence-corrected chi connectivity index (χ2v) is 7.47. The molecule has 10 heteroatoms. The van der Waals surface area contributed by atoms with Crippen LogP contribution in [-0.2, 0) is 11.0 Å². The van der Waals surface area contributed by atoms with Crippen LogP contribution in [0.3, 0.4) is 0 Å². The largest absolute Gasteiger partial charge is 0.416 e. The monoisotopic (exact) mass is 431 g/mol. The summed E-state index contributed by atoms with van der Waals surface area (Å²) in [5.41, 5.74) is 0.0301. The zero-order valence-electron chi connectivity index (χ0n) is 16.2. The molecule has 0 aromatic heterocycles. The number of benzene rings is 1. The minimum Gasteiger partial charge on any atom is -0.336 e. The summed E-state index contributed by atoms with van der Waals surface area (Å²) in [6.07, 6.45) is 0.741. The Bertz CT molecular complexity index is 1070. The molecule has 2 bridgehead atoms. The van der Waals surface area contributed by atoms with E-state index < -0.39 is 29.4 Å². The number of halogens is 4. The molecule has 3 aliphatic rings. The average molecular weight is 431 g/mol. The maximum absolute atomic E-state index is 13.4. The van der Waals surface area contributed by atoms with Crippen molar-refractivity contribution in [2.24, 2.45) is 10.2 Å². The van der Waals surface area contributed by atoms with Crippen LogP contribution in [0.1, 0.15) is 29.9 Å². The molecule has 0 saturated carbocycles. The first-order valence-electron chi connectivity index (χ1n) is 9.63. The smallest absolute Gasteiger partial charge is 0.336 e. The lowest BCUT2D eigenvalue weighted by Gasteiger charge is -2.35. The predicted octanol–water partition coefficient (Wildman–Crippen LogP) is 3.60. The van der Waals surface area contributed by atoms with Gasteiger partial charge in [-0.3, -0.25) is 4.79 Å². The van der Waals surface area contributed by atoms with Gasteiger partial charge in [-0.15, -0.1) is 5.10 Å². The van der Waals surface area contributed by atoms with E-state index in [4.69, 9.17) is 5.26 Å². The Hall–Kier alpha value is -3.48. The minimum atomic E-state index is -4.65. The van der Waals surface area contributed by atoms with Gasteiger partial charge in [-0.2, -0.15) is 23.5 Å². The third kappa shape index (κ3) is 4.21. The minimum absolute atomic E-state index is 0.0467. The summed E-state index contributed by atoms with van der Waals surface area (Å²) in [5, 5.41) is 17.2. The molecular weight excluding hydrogens is 414 g/mol. The molecular formula is C21H17F4N5O. The summed E-state index contributed by atoms with van der Waals surface area (Å²) in [5.74, 6) is -1.70. The molecule has 3 aliphatic heterocycles. The van der Waals surface area contributed by atoms with Crippen molar-refractivity contribution in [3.63, 3.8) is 0 Å². The van der Waals surface area contributed by atoms with Crippen molar-refractivity contribution in [2.75, 3.05) is 19.6 Å². The Kier molecular flexibility index (Phi) is 5.35. The van der Waals surface area contributed by atoms with Crippen LogP contribution in [-0.4, -0.2) is 46.9 Å². The lowest BCUT2D eigenvalue weighted by atomic mass is 9.86. The van der Waals surface area contributed by atoms with Crippen molar-refractivity contribution in [3.05, 3.63) is 59.1 Å². The fraction of sp³-hybridized carbons (Fsp3) is 0.333. The van der Waals surface area contributed by atoms with Gasteiger partial charge in [-0.25, -0.2) is 4.39 Å². The zero-order chi connectivity index (χ0) is 22.2. The molecule has 0 radical (unpaired) electrons. The lowest BCUT2D eigenvalue weighted by molar-refractivity contribution is -0.139. The van der Waals surface area contributed by atoms with Gasteiger partial charge in [0, 0.05) is 19.3 Å². The van der Waals surface area contributed by atoms with E-state index in [1.54, 1.807) is 17.1 Å². The Morgan fingerprint density at radius 1 is 1.16 bits per heavy atom. The van der Waals surface area contributed by atoms with Crippen LogP contribution in [0.25, 0.3) is 0 Å². The fourth-order valence-electron chi connectivity index (χ4n) is 3.94. The third-order valence-electron chi connectivity index (χ3n) is 5.49. The Morgan fingerprint density at radius 2 is 1.90 bits per heavy atom. The van der Waals surface area contributed by atoms with Gasteiger partial charge in [0.1, 0.15) is 11.9 Å². The van der Waals surface area contributed by atoms with E-state index in [2.05, 4.69) is 10.2 Å². The molecule has 6 nitrogen and oxygen atoms in total. The number of nitriles is 1. The second-order valence-electron chi connectivity index (χ2n) is 7.47. The number of amides is 1. The van der Waals surface area contributed by atoms with Crippen molar-refractivity contribution < 1.29 is 22.4 Å². The molecule has 0 spiro atoms. The standard InChI is InChI=1S/C21H17F4N5O/c22-15-2-4-17(18(9-15)21(23,24)25)14-5-7-29(8-6-14)20(31)19-28-27-16-3-1-13(10-26)11-30(19)12-16/h1-4,9,11,14H,5-8,12H2. The van der Waals surface area contributed by atoms with Crippen molar-refractivity contribution in [3.8, 4) is 6.07 Å². The van der Waals surface area contributed by atoms with Crippen molar-refractivity contribution >= 4 is 17.5 Å². The molecule has 3 heterocycles. The maximum atomic E-state index is 13.4. The first kappa shape index (κ1) is 20.8. The van der Waals surface area contributed by atoms with Crippen molar-refractivity contribution in [1.29, 1.82) is 5.26 Å². The number of piperidine rings is 1. The van der Waals surface area contributed by atoms with Crippen LogP contribution in [0, 0.1) is 17.1 Å². The van der Waals surface area contributed by atoms with Crippen molar-refractivity contribution in [2.45, 2.75) is 24.9 Å². The van der Waals surface area contributed by atoms with E-state index in [1.807, 2.05) is 6.07 Å². The third-order valence-corrected chi connectivity index (χ3v) is 5.49. The van der Waals surface area contributed by atoms with Gasteiger partial charge in [-0.05, 0) is 48.6 Å². The zero-order valence-corrected chi connectivity index (χ0v) is 16.2. The first-order valence-corrected chi connectivity index (χ1v) is 9.63. The van der Waals surface area contributed by atoms with E-state index in [-0.39, 0.29) is 24.5 Å². The van der Waals surface area contributed by atoms with Gasteiger partial charge < -0.3 is 9.80 Å². The first-order chi connectivity index (χ1) is 14.8. The highest BCUT2D eigenvalue weighted by Gasteiger charge is 2.37. The summed E-state index contributed by atoms with van der Waals surface area (Å²) < 4.78 is 53.4. The number of fused-ring (bicyclic) bond motifs is 2. The van der Waals surface area contributed by atoms with Gasteiger partial charge in [-0.1, -0.05) is 6.07 Å². The molecule has 31 heavy (non-hydrogen) atoms. The van der Waals surface area contributed by atoms with E-state index in [9.17, 15) is 22.4 Å². The van der Waals surface area contributed by atoms with Crippen LogP contribution < -0.4 is 0 Å². The van der Waals surface area contributed by atoms with Gasteiger partial charge in [0.2, 0.25) is 5.84 Å². The number of hydrogen-bond donors (Lipinski definition) is 0. The van der Waals surface area contributed by atoms with Gasteiger partial charge in [0.15, 0.2) is 0 Å². The van der Waals surface area contributed by atoms with Gasteiger partial charge in [0.05, 0.1) is 23.4 Å². The fourth-order valence-corrected chi connectivity index (χ4v) is 3.94. The van der Waals surface area contributed by atoms with Crippen LogP contribution in [0.15, 0.2) is 52.3 Å². The highest BCUT2D eigenvalue weighted by atomic mass is 19.4. The number of likely N-dealkylation sites (tertiary alicyclic amines) is 1. The Balaban J connectivity index is 1.49. The van der Waals surface area contributed by atoms with E-state index in [1.165, 1.54) is 17.2 Å². The Morgan fingerprint density at radius 3 is 2.58 bits per heavy atom. The van der Waals surface area contributed by atoms with E-state index >= 15 is 0 Å². The summed E-state index contributed by atoms with van der Waals surface area (Å²) >= 11 is 0. The van der Waals surface area contributed by atoms with Gasteiger partial charge in [0.25, 0.3) is 5.91 Å². The maximum Gasteiger partial charge on any atom is 0.416 e. The SMILES string of the molecule is N#CC1=CN2CC(=NN=C2C(=O)N2CCC(c3ccc(F)cc3C(F)(F)F)CC2)C=C1. The van der Waals surface area contributed by atoms with Crippen molar-refractivity contribution in [1.82, 2.24) is 9.80 Å². The highest BCUT2D eigenvalue weighted by Crippen LogP contribution is 2.39. The highest BCUT2D eigenvalue weighted by molar-refractivity contribution is 6.38. The molecule has 0 N–H and O–H groups in total. The number of carbonyl (C=O) groups is 1. The van der Waals surface area contributed by atoms with Crippen LogP contribution in [0.2, 0.25) is 0 Å². The number of alkyl halides is 3. The molecule has 1 aromatic rings. The molecule has 4 rings (SSSR count). The molecule has 0 unspecified atom stereocenters. The summed E-state index contributed by atoms with van der Waals surface area (Å²) in [6.45, 7) is 0.761. The summed E-state index contributed by atoms with van der Waals surface area (Å²) in [7, 11) is 0. The normalized spacial score (nSPS) is 19.3. The summed E-state index contributed by atoms with van der Waals surface area (Å²) in [6, 6.07) is 4.75. The molecule has 1 aromatic carbocycles. The number of allylic oxidation sites excluding steroid dienone is 2. The molecule has 1 amide bonds. The molecule has 160 valence electrons. The molecule has 1 fully saturated rings. The topological polar surface area (TPSA) is 72.1 Å². The number of hydrogen-bond acceptors (Lipinski definition) is 5. The predicted molar refractivity (Wildman–Crippen MR) is 104 cm³/mol. The second kappa shape index (κ2) is 7.98. The van der Waals surface area contributed by atoms with Crippen LogP contribution >= 0.6 is 0 Å². The summed E-state index contributed by atoms with van der Waals surface area (Å²) in [4.78, 5) is 16.1. The van der Waals surface area contributed by atoms with E-state index in [0.717, 1.165) is 6.07 Å². The molecule has 0 aliphatic carbocycles.